The normalized spacial score (nSPS) is 10.2. The van der Waals surface area contributed by atoms with Crippen LogP contribution in [0.2, 0.25) is 0 Å². The third-order valence-corrected chi connectivity index (χ3v) is 3.60. The summed E-state index contributed by atoms with van der Waals surface area (Å²) in [6, 6.07) is 13.7. The molecule has 6 heteroatoms. The minimum Gasteiger partial charge on any atom is -0.375 e. The number of hydrogen-bond acceptors (Lipinski definition) is 2. The minimum atomic E-state index is -0.669. The van der Waals surface area contributed by atoms with Crippen molar-refractivity contribution in [3.05, 3.63) is 60.2 Å². The molecule has 0 aliphatic carbocycles. The van der Waals surface area contributed by atoms with E-state index in [1.54, 1.807) is 0 Å². The van der Waals surface area contributed by atoms with Crippen LogP contribution in [-0.4, -0.2) is 25.2 Å². The van der Waals surface area contributed by atoms with Gasteiger partial charge in [-0.25, -0.2) is 8.78 Å². The molecule has 2 rings (SSSR count). The molecule has 0 saturated heterocycles. The standard InChI is InChI=1S/C17H19F2N3S/c1-22(13-7-3-2-4-8-13)12-6-11-20-17(23)21-16-14(18)9-5-10-15(16)19/h2-5,7-10H,6,11-12H2,1H3,(H2,20,21,23). The van der Waals surface area contributed by atoms with Gasteiger partial charge < -0.3 is 15.5 Å². The third kappa shape index (κ3) is 5.17. The molecule has 0 aromatic heterocycles. The molecule has 2 aromatic carbocycles. The predicted molar refractivity (Wildman–Crippen MR) is 94.9 cm³/mol. The summed E-state index contributed by atoms with van der Waals surface area (Å²) in [5.74, 6) is -1.34. The van der Waals surface area contributed by atoms with Gasteiger partial charge in [0.25, 0.3) is 0 Å². The zero-order chi connectivity index (χ0) is 16.7. The van der Waals surface area contributed by atoms with Gasteiger partial charge in [-0.1, -0.05) is 24.3 Å². The van der Waals surface area contributed by atoms with E-state index in [0.29, 0.717) is 6.54 Å². The van der Waals surface area contributed by atoms with Gasteiger partial charge in [0.1, 0.15) is 17.3 Å². The van der Waals surface area contributed by atoms with E-state index in [4.69, 9.17) is 12.2 Å². The molecule has 0 saturated carbocycles. The fraction of sp³-hybridized carbons (Fsp3) is 0.235. The van der Waals surface area contributed by atoms with Crippen molar-refractivity contribution in [1.82, 2.24) is 5.32 Å². The molecule has 0 amide bonds. The Morgan fingerprint density at radius 3 is 2.35 bits per heavy atom. The predicted octanol–water partition coefficient (Wildman–Crippen LogP) is 3.78. The van der Waals surface area contributed by atoms with Gasteiger partial charge in [-0.3, -0.25) is 0 Å². The van der Waals surface area contributed by atoms with E-state index in [0.717, 1.165) is 18.7 Å². The molecule has 0 heterocycles. The molecule has 0 fully saturated rings. The second kappa shape index (κ2) is 8.43. The summed E-state index contributed by atoms with van der Waals surface area (Å²) in [6.45, 7) is 1.45. The van der Waals surface area contributed by atoms with E-state index in [1.165, 1.54) is 18.2 Å². The molecular formula is C17H19F2N3S. The number of thiocarbonyl (C=S) groups is 1. The number of rotatable bonds is 6. The summed E-state index contributed by atoms with van der Waals surface area (Å²) in [7, 11) is 2.01. The average molecular weight is 335 g/mol. The lowest BCUT2D eigenvalue weighted by Gasteiger charge is -2.19. The van der Waals surface area contributed by atoms with Gasteiger partial charge >= 0.3 is 0 Å². The lowest BCUT2D eigenvalue weighted by molar-refractivity contribution is 0.591. The summed E-state index contributed by atoms with van der Waals surface area (Å²) < 4.78 is 27.0. The Hall–Kier alpha value is -2.21. The van der Waals surface area contributed by atoms with Gasteiger partial charge in [-0.05, 0) is 42.9 Å². The lowest BCUT2D eigenvalue weighted by atomic mass is 10.3. The van der Waals surface area contributed by atoms with Crippen molar-refractivity contribution in [2.24, 2.45) is 0 Å². The Labute approximate surface area is 140 Å². The average Bonchev–Trinajstić information content (AvgIpc) is 2.56. The number of nitrogens with one attached hydrogen (secondary N) is 2. The minimum absolute atomic E-state index is 0.205. The third-order valence-electron chi connectivity index (χ3n) is 3.35. The van der Waals surface area contributed by atoms with E-state index >= 15 is 0 Å². The van der Waals surface area contributed by atoms with Crippen molar-refractivity contribution in [3.8, 4) is 0 Å². The molecule has 122 valence electrons. The van der Waals surface area contributed by atoms with E-state index in [1.807, 2.05) is 37.4 Å². The summed E-state index contributed by atoms with van der Waals surface area (Å²) >= 11 is 5.06. The van der Waals surface area contributed by atoms with Crippen LogP contribution in [0, 0.1) is 11.6 Å². The second-order valence-corrected chi connectivity index (χ2v) is 5.50. The molecule has 0 spiro atoms. The number of anilines is 2. The molecule has 0 bridgehead atoms. The number of halogens is 2. The highest BCUT2D eigenvalue weighted by Crippen LogP contribution is 2.17. The number of nitrogens with zero attached hydrogens (tertiary/aromatic N) is 1. The second-order valence-electron chi connectivity index (χ2n) is 5.09. The van der Waals surface area contributed by atoms with Crippen molar-refractivity contribution in [2.45, 2.75) is 6.42 Å². The summed E-state index contributed by atoms with van der Waals surface area (Å²) in [5.41, 5.74) is 0.910. The molecule has 0 atom stereocenters. The Balaban J connectivity index is 1.73. The van der Waals surface area contributed by atoms with Gasteiger partial charge in [0.2, 0.25) is 0 Å². The van der Waals surface area contributed by atoms with Crippen LogP contribution in [0.4, 0.5) is 20.2 Å². The van der Waals surface area contributed by atoms with Gasteiger partial charge in [-0.15, -0.1) is 0 Å². The quantitative estimate of drug-likeness (QED) is 0.621. The zero-order valence-corrected chi connectivity index (χ0v) is 13.7. The van der Waals surface area contributed by atoms with Gasteiger partial charge in [0, 0.05) is 25.8 Å². The van der Waals surface area contributed by atoms with Crippen LogP contribution >= 0.6 is 12.2 Å². The number of benzene rings is 2. The van der Waals surface area contributed by atoms with Gasteiger partial charge in [-0.2, -0.15) is 0 Å². The fourth-order valence-electron chi connectivity index (χ4n) is 2.10. The molecule has 3 nitrogen and oxygen atoms in total. The zero-order valence-electron chi connectivity index (χ0n) is 12.9. The van der Waals surface area contributed by atoms with Crippen molar-refractivity contribution in [3.63, 3.8) is 0 Å². The van der Waals surface area contributed by atoms with E-state index in [9.17, 15) is 8.78 Å². The molecule has 0 aliphatic rings. The van der Waals surface area contributed by atoms with Gasteiger partial charge in [0.15, 0.2) is 5.11 Å². The first-order valence-electron chi connectivity index (χ1n) is 7.33. The van der Waals surface area contributed by atoms with Crippen LogP contribution in [0.1, 0.15) is 6.42 Å². The van der Waals surface area contributed by atoms with Crippen molar-refractivity contribution in [1.29, 1.82) is 0 Å². The number of para-hydroxylation sites is 2. The molecule has 23 heavy (non-hydrogen) atoms. The largest absolute Gasteiger partial charge is 0.375 e. The molecule has 0 radical (unpaired) electrons. The summed E-state index contributed by atoms with van der Waals surface area (Å²) in [6.07, 6.45) is 0.840. The van der Waals surface area contributed by atoms with Crippen LogP contribution in [0.15, 0.2) is 48.5 Å². The first-order chi connectivity index (χ1) is 11.1. The SMILES string of the molecule is CN(CCCNC(=S)Nc1c(F)cccc1F)c1ccccc1. The topological polar surface area (TPSA) is 27.3 Å². The van der Waals surface area contributed by atoms with E-state index in [-0.39, 0.29) is 10.8 Å². The maximum atomic E-state index is 13.5. The van der Waals surface area contributed by atoms with Crippen molar-refractivity contribution in [2.75, 3.05) is 30.4 Å². The Kier molecular flexibility index (Phi) is 6.29. The smallest absolute Gasteiger partial charge is 0.170 e. The van der Waals surface area contributed by atoms with E-state index in [2.05, 4.69) is 15.5 Å². The van der Waals surface area contributed by atoms with Crippen LogP contribution in [-0.2, 0) is 0 Å². The Bertz CT molecular complexity index is 629. The van der Waals surface area contributed by atoms with Crippen LogP contribution in [0.25, 0.3) is 0 Å². The van der Waals surface area contributed by atoms with E-state index < -0.39 is 11.6 Å². The highest BCUT2D eigenvalue weighted by Gasteiger charge is 2.09. The monoisotopic (exact) mass is 335 g/mol. The molecule has 2 N–H and O–H groups in total. The highest BCUT2D eigenvalue weighted by molar-refractivity contribution is 7.80. The summed E-state index contributed by atoms with van der Waals surface area (Å²) in [5, 5.41) is 5.71. The first-order valence-corrected chi connectivity index (χ1v) is 7.74. The Morgan fingerprint density at radius 1 is 1.04 bits per heavy atom. The Morgan fingerprint density at radius 2 is 1.70 bits per heavy atom. The van der Waals surface area contributed by atoms with Gasteiger partial charge in [0.05, 0.1) is 0 Å². The maximum Gasteiger partial charge on any atom is 0.170 e. The van der Waals surface area contributed by atoms with Crippen LogP contribution < -0.4 is 15.5 Å². The maximum absolute atomic E-state index is 13.5. The highest BCUT2D eigenvalue weighted by atomic mass is 32.1. The fourth-order valence-corrected chi connectivity index (χ4v) is 2.31. The van der Waals surface area contributed by atoms with Crippen molar-refractivity contribution < 1.29 is 8.78 Å². The van der Waals surface area contributed by atoms with Crippen LogP contribution in [0.3, 0.4) is 0 Å². The molecule has 0 aliphatic heterocycles. The lowest BCUT2D eigenvalue weighted by Crippen LogP contribution is -2.32. The molecular weight excluding hydrogens is 316 g/mol. The van der Waals surface area contributed by atoms with Crippen molar-refractivity contribution >= 4 is 28.7 Å². The first kappa shape index (κ1) is 17.1. The number of hydrogen-bond donors (Lipinski definition) is 2. The summed E-state index contributed by atoms with van der Waals surface area (Å²) in [4.78, 5) is 2.13. The molecule has 2 aromatic rings. The molecule has 0 unspecified atom stereocenters. The van der Waals surface area contributed by atoms with Crippen LogP contribution in [0.5, 0.6) is 0 Å².